The van der Waals surface area contributed by atoms with Crippen LogP contribution in [0.3, 0.4) is 0 Å². The van der Waals surface area contributed by atoms with Gasteiger partial charge in [-0.3, -0.25) is 9.48 Å². The highest BCUT2D eigenvalue weighted by atomic mass is 32.2. The van der Waals surface area contributed by atoms with Crippen molar-refractivity contribution in [3.63, 3.8) is 0 Å². The monoisotopic (exact) mass is 342 g/mol. The fraction of sp³-hybridized carbons (Fsp3) is 0.714. The molecule has 0 saturated carbocycles. The Morgan fingerprint density at radius 3 is 2.96 bits per heavy atom. The quantitative estimate of drug-likeness (QED) is 0.816. The van der Waals surface area contributed by atoms with Crippen molar-refractivity contribution >= 4 is 15.9 Å². The number of amides is 1. The SMILES string of the molecule is Cn1nccc1C(=O)N1CC[C@@]2(C[C@H](NS(C)(=O)=O)CCO2)C1. The Morgan fingerprint density at radius 1 is 1.52 bits per heavy atom. The number of sulfonamides is 1. The smallest absolute Gasteiger partial charge is 0.272 e. The van der Waals surface area contributed by atoms with Crippen molar-refractivity contribution in [2.75, 3.05) is 26.0 Å². The topological polar surface area (TPSA) is 93.5 Å². The van der Waals surface area contributed by atoms with Gasteiger partial charge in [0.1, 0.15) is 5.69 Å². The predicted octanol–water partition coefficient (Wildman–Crippen LogP) is -0.267. The first-order chi connectivity index (χ1) is 10.8. The Balaban J connectivity index is 1.68. The van der Waals surface area contributed by atoms with Gasteiger partial charge in [0, 0.05) is 32.4 Å². The zero-order valence-electron chi connectivity index (χ0n) is 13.4. The molecule has 2 saturated heterocycles. The molecule has 0 aliphatic carbocycles. The predicted molar refractivity (Wildman–Crippen MR) is 83.4 cm³/mol. The van der Waals surface area contributed by atoms with Crippen LogP contribution < -0.4 is 4.72 Å². The highest BCUT2D eigenvalue weighted by Crippen LogP contribution is 2.35. The number of carbonyl (C=O) groups is 1. The molecule has 1 aromatic heterocycles. The van der Waals surface area contributed by atoms with E-state index in [9.17, 15) is 13.2 Å². The van der Waals surface area contributed by atoms with Gasteiger partial charge >= 0.3 is 0 Å². The molecule has 2 aliphatic heterocycles. The molecule has 3 heterocycles. The molecule has 9 heteroatoms. The lowest BCUT2D eigenvalue weighted by molar-refractivity contribution is -0.0763. The third kappa shape index (κ3) is 3.56. The first-order valence-corrected chi connectivity index (χ1v) is 9.56. The van der Waals surface area contributed by atoms with Gasteiger partial charge in [-0.15, -0.1) is 0 Å². The largest absolute Gasteiger partial charge is 0.373 e. The van der Waals surface area contributed by atoms with Crippen LogP contribution in [0.25, 0.3) is 0 Å². The van der Waals surface area contributed by atoms with E-state index in [1.54, 1.807) is 28.9 Å². The van der Waals surface area contributed by atoms with Crippen LogP contribution in [0.1, 0.15) is 29.8 Å². The van der Waals surface area contributed by atoms with Gasteiger partial charge in [-0.25, -0.2) is 13.1 Å². The maximum absolute atomic E-state index is 12.6. The molecule has 2 fully saturated rings. The maximum atomic E-state index is 12.6. The minimum absolute atomic E-state index is 0.0660. The van der Waals surface area contributed by atoms with E-state index >= 15 is 0 Å². The van der Waals surface area contributed by atoms with Gasteiger partial charge in [0.25, 0.3) is 5.91 Å². The molecular weight excluding hydrogens is 320 g/mol. The molecule has 1 aromatic rings. The van der Waals surface area contributed by atoms with Crippen LogP contribution in [-0.4, -0.2) is 66.6 Å². The van der Waals surface area contributed by atoms with Crippen LogP contribution in [-0.2, 0) is 21.8 Å². The summed E-state index contributed by atoms with van der Waals surface area (Å²) in [6.45, 7) is 1.59. The molecule has 3 rings (SSSR count). The number of carbonyl (C=O) groups excluding carboxylic acids is 1. The molecule has 1 amide bonds. The third-order valence-corrected chi connectivity index (χ3v) is 5.28. The van der Waals surface area contributed by atoms with Gasteiger partial charge in [0.2, 0.25) is 10.0 Å². The summed E-state index contributed by atoms with van der Waals surface area (Å²) in [7, 11) is -1.50. The van der Waals surface area contributed by atoms with E-state index in [4.69, 9.17) is 4.74 Å². The standard InChI is InChI=1S/C14H22N4O4S/c1-17-12(3-6-15-17)13(19)18-7-5-14(10-18)9-11(4-8-22-14)16-23(2,20)21/h3,6,11,16H,4-5,7-10H2,1-2H3/t11-,14-/m1/s1. The highest BCUT2D eigenvalue weighted by Gasteiger charge is 2.45. The summed E-state index contributed by atoms with van der Waals surface area (Å²) in [6, 6.07) is 1.56. The number of ether oxygens (including phenoxy) is 1. The molecule has 0 aromatic carbocycles. The number of aromatic nitrogens is 2. The highest BCUT2D eigenvalue weighted by molar-refractivity contribution is 7.88. The molecule has 8 nitrogen and oxygen atoms in total. The Labute approximate surface area is 135 Å². The fourth-order valence-electron chi connectivity index (χ4n) is 3.48. The van der Waals surface area contributed by atoms with E-state index in [-0.39, 0.29) is 11.9 Å². The normalized spacial score (nSPS) is 28.4. The first-order valence-electron chi connectivity index (χ1n) is 7.67. The van der Waals surface area contributed by atoms with Crippen LogP contribution in [0.15, 0.2) is 12.3 Å². The fourth-order valence-corrected chi connectivity index (χ4v) is 4.29. The van der Waals surface area contributed by atoms with Crippen molar-refractivity contribution in [3.8, 4) is 0 Å². The van der Waals surface area contributed by atoms with Crippen LogP contribution in [0.2, 0.25) is 0 Å². The summed E-state index contributed by atoms with van der Waals surface area (Å²) in [5.41, 5.74) is 0.0955. The molecule has 128 valence electrons. The Hall–Kier alpha value is -1.45. The van der Waals surface area contributed by atoms with Gasteiger partial charge in [-0.2, -0.15) is 5.10 Å². The lowest BCUT2D eigenvalue weighted by Gasteiger charge is -2.38. The zero-order valence-corrected chi connectivity index (χ0v) is 14.2. The number of hydrogen-bond acceptors (Lipinski definition) is 5. The second-order valence-corrected chi connectivity index (χ2v) is 8.21. The van der Waals surface area contributed by atoms with Crippen molar-refractivity contribution in [2.24, 2.45) is 7.05 Å². The van der Waals surface area contributed by atoms with Crippen molar-refractivity contribution in [2.45, 2.75) is 30.9 Å². The van der Waals surface area contributed by atoms with Crippen molar-refractivity contribution in [3.05, 3.63) is 18.0 Å². The number of rotatable bonds is 3. The summed E-state index contributed by atoms with van der Waals surface area (Å²) in [5, 5.41) is 4.03. The summed E-state index contributed by atoms with van der Waals surface area (Å²) in [4.78, 5) is 14.3. The molecule has 1 N–H and O–H groups in total. The lowest BCUT2D eigenvalue weighted by atomic mass is 9.90. The second kappa shape index (κ2) is 5.88. The van der Waals surface area contributed by atoms with Crippen molar-refractivity contribution < 1.29 is 17.9 Å². The van der Waals surface area contributed by atoms with E-state index in [1.165, 1.54) is 6.26 Å². The average molecular weight is 342 g/mol. The van der Waals surface area contributed by atoms with E-state index in [2.05, 4.69) is 9.82 Å². The van der Waals surface area contributed by atoms with Crippen LogP contribution in [0, 0.1) is 0 Å². The molecule has 23 heavy (non-hydrogen) atoms. The average Bonchev–Trinajstić information content (AvgIpc) is 3.03. The molecule has 0 radical (unpaired) electrons. The number of likely N-dealkylation sites (tertiary alicyclic amines) is 1. The van der Waals surface area contributed by atoms with Gasteiger partial charge in [0.15, 0.2) is 0 Å². The van der Waals surface area contributed by atoms with Crippen molar-refractivity contribution in [1.82, 2.24) is 19.4 Å². The van der Waals surface area contributed by atoms with E-state index < -0.39 is 15.6 Å². The summed E-state index contributed by atoms with van der Waals surface area (Å²) in [6.07, 6.45) is 4.74. The molecule has 0 unspecified atom stereocenters. The van der Waals surface area contributed by atoms with Crippen molar-refractivity contribution in [1.29, 1.82) is 0 Å². The second-order valence-electron chi connectivity index (χ2n) is 6.43. The summed E-state index contributed by atoms with van der Waals surface area (Å²) >= 11 is 0. The minimum Gasteiger partial charge on any atom is -0.373 e. The summed E-state index contributed by atoms with van der Waals surface area (Å²) < 4.78 is 33.1. The Morgan fingerprint density at radius 2 is 2.30 bits per heavy atom. The minimum atomic E-state index is -3.24. The Kier molecular flexibility index (Phi) is 4.19. The van der Waals surface area contributed by atoms with Crippen LogP contribution in [0.4, 0.5) is 0 Å². The van der Waals surface area contributed by atoms with Gasteiger partial charge in [-0.05, 0) is 25.3 Å². The Bertz CT molecular complexity index is 701. The van der Waals surface area contributed by atoms with E-state index in [1.807, 2.05) is 0 Å². The third-order valence-electron chi connectivity index (χ3n) is 4.52. The summed E-state index contributed by atoms with van der Waals surface area (Å²) in [5.74, 6) is -0.0660. The number of nitrogens with zero attached hydrogens (tertiary/aromatic N) is 3. The van der Waals surface area contributed by atoms with E-state index in [0.29, 0.717) is 38.2 Å². The van der Waals surface area contributed by atoms with Crippen LogP contribution >= 0.6 is 0 Å². The molecule has 0 bridgehead atoms. The van der Waals surface area contributed by atoms with Gasteiger partial charge < -0.3 is 9.64 Å². The number of aryl methyl sites for hydroxylation is 1. The van der Waals surface area contributed by atoms with Gasteiger partial charge in [-0.1, -0.05) is 0 Å². The van der Waals surface area contributed by atoms with E-state index in [0.717, 1.165) is 6.42 Å². The number of nitrogens with one attached hydrogen (secondary N) is 1. The maximum Gasteiger partial charge on any atom is 0.272 e. The molecular formula is C14H22N4O4S. The lowest BCUT2D eigenvalue weighted by Crippen LogP contribution is -2.50. The number of hydrogen-bond donors (Lipinski definition) is 1. The molecule has 1 spiro atoms. The zero-order chi connectivity index (χ0) is 16.7. The first kappa shape index (κ1) is 16.4. The molecule has 2 atom stereocenters. The molecule has 2 aliphatic rings. The van der Waals surface area contributed by atoms with Gasteiger partial charge in [0.05, 0.1) is 18.4 Å². The van der Waals surface area contributed by atoms with Crippen LogP contribution in [0.5, 0.6) is 0 Å².